The first kappa shape index (κ1) is 13.8. The lowest BCUT2D eigenvalue weighted by Gasteiger charge is -1.97. The molecule has 0 heterocycles. The zero-order chi connectivity index (χ0) is 14.2. The predicted octanol–water partition coefficient (Wildman–Crippen LogP) is 3.85. The first-order chi connectivity index (χ1) is 9.81. The number of hydrogen-bond acceptors (Lipinski definition) is 2. The Morgan fingerprint density at radius 1 is 0.750 bits per heavy atom. The maximum atomic E-state index is 10.1. The van der Waals surface area contributed by atoms with E-state index in [-0.39, 0.29) is 0 Å². The zero-order valence-electron chi connectivity index (χ0n) is 11.2. The second kappa shape index (κ2) is 7.10. The van der Waals surface area contributed by atoms with Crippen LogP contribution in [0, 0.1) is 0 Å². The molecule has 3 rings (SSSR count). The molecule has 100 valence electrons. The zero-order valence-corrected chi connectivity index (χ0v) is 11.2. The Balaban J connectivity index is 0.000000147. The maximum absolute atomic E-state index is 10.1. The Morgan fingerprint density at radius 3 is 1.65 bits per heavy atom. The van der Waals surface area contributed by atoms with Gasteiger partial charge in [0.2, 0.25) is 0 Å². The maximum Gasteiger partial charge on any atom is 0.124 e. The molecule has 0 aliphatic heterocycles. The van der Waals surface area contributed by atoms with Crippen molar-refractivity contribution in [3.8, 4) is 0 Å². The summed E-state index contributed by atoms with van der Waals surface area (Å²) >= 11 is 0. The van der Waals surface area contributed by atoms with Gasteiger partial charge in [-0.3, -0.25) is 0 Å². The third kappa shape index (κ3) is 3.69. The van der Waals surface area contributed by atoms with Crippen molar-refractivity contribution >= 4 is 22.7 Å². The van der Waals surface area contributed by atoms with Crippen molar-refractivity contribution in [3.05, 3.63) is 78.4 Å². The van der Waals surface area contributed by atoms with Gasteiger partial charge < -0.3 is 10.5 Å². The SMILES string of the molecule is Nc1ccccc1CC=O.c1ccc2ccccc2c1. The van der Waals surface area contributed by atoms with Gasteiger partial charge in [0.25, 0.3) is 0 Å². The number of fused-ring (bicyclic) bond motifs is 1. The van der Waals surface area contributed by atoms with Crippen LogP contribution in [0.3, 0.4) is 0 Å². The Labute approximate surface area is 118 Å². The number of benzene rings is 3. The van der Waals surface area contributed by atoms with E-state index in [0.717, 1.165) is 11.8 Å². The van der Waals surface area contributed by atoms with Gasteiger partial charge >= 0.3 is 0 Å². The minimum absolute atomic E-state index is 0.409. The molecule has 0 atom stereocenters. The third-order valence-corrected chi connectivity index (χ3v) is 3.02. The summed E-state index contributed by atoms with van der Waals surface area (Å²) in [6.45, 7) is 0. The van der Waals surface area contributed by atoms with E-state index in [0.29, 0.717) is 12.1 Å². The molecule has 0 spiro atoms. The summed E-state index contributed by atoms with van der Waals surface area (Å²) in [5.74, 6) is 0. The summed E-state index contributed by atoms with van der Waals surface area (Å²) in [7, 11) is 0. The summed E-state index contributed by atoms with van der Waals surface area (Å²) < 4.78 is 0. The van der Waals surface area contributed by atoms with Gasteiger partial charge in [-0.25, -0.2) is 0 Å². The number of aldehydes is 1. The predicted molar refractivity (Wildman–Crippen MR) is 84.6 cm³/mol. The molecule has 0 aliphatic carbocycles. The minimum Gasteiger partial charge on any atom is -0.398 e. The molecule has 0 bridgehead atoms. The number of hydrogen-bond donors (Lipinski definition) is 1. The fraction of sp³-hybridized carbons (Fsp3) is 0.0556. The normalized spacial score (nSPS) is 9.60. The van der Waals surface area contributed by atoms with Gasteiger partial charge in [0.1, 0.15) is 6.29 Å². The van der Waals surface area contributed by atoms with Crippen molar-refractivity contribution in [3.63, 3.8) is 0 Å². The first-order valence-electron chi connectivity index (χ1n) is 6.52. The van der Waals surface area contributed by atoms with Crippen LogP contribution in [0.4, 0.5) is 5.69 Å². The van der Waals surface area contributed by atoms with Gasteiger partial charge in [-0.2, -0.15) is 0 Å². The van der Waals surface area contributed by atoms with Crippen LogP contribution in [0.15, 0.2) is 72.8 Å². The van der Waals surface area contributed by atoms with Crippen molar-refractivity contribution in [2.24, 2.45) is 0 Å². The van der Waals surface area contributed by atoms with Crippen LogP contribution in [-0.2, 0) is 11.2 Å². The lowest BCUT2D eigenvalue weighted by molar-refractivity contribution is -0.107. The van der Waals surface area contributed by atoms with Crippen LogP contribution < -0.4 is 5.73 Å². The van der Waals surface area contributed by atoms with Crippen molar-refractivity contribution in [1.29, 1.82) is 0 Å². The van der Waals surface area contributed by atoms with E-state index in [4.69, 9.17) is 5.73 Å². The molecule has 0 aromatic heterocycles. The van der Waals surface area contributed by atoms with E-state index in [1.807, 2.05) is 18.2 Å². The molecule has 2 heteroatoms. The lowest BCUT2D eigenvalue weighted by Crippen LogP contribution is -1.93. The average molecular weight is 263 g/mol. The fourth-order valence-corrected chi connectivity index (χ4v) is 1.94. The molecular formula is C18H17NO. The van der Waals surface area contributed by atoms with Gasteiger partial charge in [-0.15, -0.1) is 0 Å². The third-order valence-electron chi connectivity index (χ3n) is 3.02. The Kier molecular flexibility index (Phi) is 4.90. The highest BCUT2D eigenvalue weighted by Gasteiger charge is 1.93. The quantitative estimate of drug-likeness (QED) is 0.563. The van der Waals surface area contributed by atoms with Gasteiger partial charge in [0.15, 0.2) is 0 Å². The smallest absolute Gasteiger partial charge is 0.124 e. The highest BCUT2D eigenvalue weighted by atomic mass is 16.1. The second-order valence-corrected chi connectivity index (χ2v) is 4.42. The molecule has 0 fully saturated rings. The number of carbonyl (C=O) groups excluding carboxylic acids is 1. The van der Waals surface area contributed by atoms with Gasteiger partial charge in [-0.1, -0.05) is 66.7 Å². The molecule has 3 aromatic carbocycles. The standard InChI is InChI=1S/C10H8.C8H9NO/c1-2-6-10-8-4-3-7-9(10)5-1;9-8-4-2-1-3-7(8)5-6-10/h1-8H;1-4,6H,5,9H2. The molecule has 3 aromatic rings. The number of carbonyl (C=O) groups is 1. The van der Waals surface area contributed by atoms with Crippen molar-refractivity contribution in [1.82, 2.24) is 0 Å². The molecule has 20 heavy (non-hydrogen) atoms. The molecular weight excluding hydrogens is 246 g/mol. The van der Waals surface area contributed by atoms with Crippen LogP contribution in [-0.4, -0.2) is 6.29 Å². The number of nitrogen functional groups attached to an aromatic ring is 1. The number of nitrogens with two attached hydrogens (primary N) is 1. The molecule has 0 saturated heterocycles. The Hall–Kier alpha value is -2.61. The summed E-state index contributed by atoms with van der Waals surface area (Å²) in [5, 5.41) is 2.62. The highest BCUT2D eigenvalue weighted by molar-refractivity contribution is 5.82. The van der Waals surface area contributed by atoms with Gasteiger partial charge in [0, 0.05) is 12.1 Å². The Bertz CT molecular complexity index is 626. The average Bonchev–Trinajstić information content (AvgIpc) is 2.51. The topological polar surface area (TPSA) is 43.1 Å². The summed E-state index contributed by atoms with van der Waals surface area (Å²) in [6.07, 6.45) is 1.26. The number of anilines is 1. The number of rotatable bonds is 2. The van der Waals surface area contributed by atoms with E-state index >= 15 is 0 Å². The fourth-order valence-electron chi connectivity index (χ4n) is 1.94. The van der Waals surface area contributed by atoms with Crippen LogP contribution in [0.5, 0.6) is 0 Å². The van der Waals surface area contributed by atoms with Crippen LogP contribution in [0.2, 0.25) is 0 Å². The summed E-state index contributed by atoms with van der Waals surface area (Å²) in [5.41, 5.74) is 7.14. The van der Waals surface area contributed by atoms with Crippen molar-refractivity contribution in [2.45, 2.75) is 6.42 Å². The van der Waals surface area contributed by atoms with E-state index in [9.17, 15) is 4.79 Å². The minimum atomic E-state index is 0.409. The summed E-state index contributed by atoms with van der Waals surface area (Å²) in [6, 6.07) is 24.1. The van der Waals surface area contributed by atoms with E-state index < -0.39 is 0 Å². The molecule has 0 unspecified atom stereocenters. The lowest BCUT2D eigenvalue weighted by atomic mass is 10.1. The first-order valence-corrected chi connectivity index (χ1v) is 6.52. The second-order valence-electron chi connectivity index (χ2n) is 4.42. The van der Waals surface area contributed by atoms with E-state index in [2.05, 4.69) is 48.5 Å². The molecule has 0 aliphatic rings. The highest BCUT2D eigenvalue weighted by Crippen LogP contribution is 2.11. The van der Waals surface area contributed by atoms with Crippen LogP contribution >= 0.6 is 0 Å². The van der Waals surface area contributed by atoms with E-state index in [1.54, 1.807) is 6.07 Å². The molecule has 2 nitrogen and oxygen atoms in total. The largest absolute Gasteiger partial charge is 0.398 e. The molecule has 0 saturated carbocycles. The summed E-state index contributed by atoms with van der Waals surface area (Å²) in [4.78, 5) is 10.1. The molecule has 2 N–H and O–H groups in total. The molecule has 0 radical (unpaired) electrons. The monoisotopic (exact) mass is 263 g/mol. The van der Waals surface area contributed by atoms with Gasteiger partial charge in [0.05, 0.1) is 0 Å². The van der Waals surface area contributed by atoms with E-state index in [1.165, 1.54) is 10.8 Å². The van der Waals surface area contributed by atoms with Crippen LogP contribution in [0.1, 0.15) is 5.56 Å². The van der Waals surface area contributed by atoms with Crippen molar-refractivity contribution in [2.75, 3.05) is 5.73 Å². The number of para-hydroxylation sites is 1. The Morgan fingerprint density at radius 2 is 1.20 bits per heavy atom. The van der Waals surface area contributed by atoms with Crippen molar-refractivity contribution < 1.29 is 4.79 Å². The molecule has 0 amide bonds. The van der Waals surface area contributed by atoms with Gasteiger partial charge in [-0.05, 0) is 22.4 Å². The van der Waals surface area contributed by atoms with Crippen LogP contribution in [0.25, 0.3) is 10.8 Å².